The molecule has 1 aliphatic heterocycles. The van der Waals surface area contributed by atoms with Gasteiger partial charge in [0.25, 0.3) is 5.91 Å². The van der Waals surface area contributed by atoms with Crippen LogP contribution < -0.4 is 15.4 Å². The topological polar surface area (TPSA) is 63.2 Å². The van der Waals surface area contributed by atoms with Crippen LogP contribution in [0.15, 0.2) is 24.4 Å². The molecule has 1 aromatic carbocycles. The number of aromatic nitrogens is 1. The van der Waals surface area contributed by atoms with E-state index in [1.54, 1.807) is 25.1 Å². The number of halogens is 3. The van der Waals surface area contributed by atoms with Gasteiger partial charge in [-0.1, -0.05) is 17.4 Å². The molecule has 0 spiro atoms. The van der Waals surface area contributed by atoms with E-state index < -0.39 is 11.1 Å². The minimum atomic E-state index is -4.39. The first-order valence-electron chi connectivity index (χ1n) is 6.69. The van der Waals surface area contributed by atoms with Crippen LogP contribution in [0.5, 0.6) is 5.75 Å². The summed E-state index contributed by atoms with van der Waals surface area (Å²) in [5, 5.41) is 5.80. The molecule has 1 aliphatic rings. The average molecular weight is 343 g/mol. The lowest BCUT2D eigenvalue weighted by Crippen LogP contribution is -2.25. The van der Waals surface area contributed by atoms with E-state index in [9.17, 15) is 18.0 Å². The molecule has 122 valence electrons. The molecule has 1 aromatic heterocycles. The summed E-state index contributed by atoms with van der Waals surface area (Å²) in [6.45, 7) is 1.77. The maximum atomic E-state index is 12.6. The molecule has 2 heterocycles. The Morgan fingerprint density at radius 2 is 2.22 bits per heavy atom. The largest absolute Gasteiger partial charge is 0.482 e. The van der Waals surface area contributed by atoms with Gasteiger partial charge in [0.2, 0.25) is 0 Å². The highest BCUT2D eigenvalue weighted by Gasteiger charge is 2.33. The van der Waals surface area contributed by atoms with Crippen molar-refractivity contribution in [2.75, 3.05) is 17.2 Å². The Balaban J connectivity index is 1.76. The highest BCUT2D eigenvalue weighted by atomic mass is 32.1. The minimum absolute atomic E-state index is 0.0283. The second kappa shape index (κ2) is 5.73. The summed E-state index contributed by atoms with van der Waals surface area (Å²) >= 11 is 0.550. The standard InChI is InChI=1S/C14H12F3N3O2S/c1-7(19-13-18-5-11(23-13)14(15,16)17)8-2-3-10-9(4-8)20-12(21)6-22-10/h2-5,7H,6H2,1H3,(H,18,19)(H,20,21). The van der Waals surface area contributed by atoms with E-state index in [0.717, 1.165) is 11.8 Å². The molecule has 2 N–H and O–H groups in total. The minimum Gasteiger partial charge on any atom is -0.482 e. The third-order valence-electron chi connectivity index (χ3n) is 3.26. The van der Waals surface area contributed by atoms with Crippen molar-refractivity contribution in [1.29, 1.82) is 0 Å². The van der Waals surface area contributed by atoms with Crippen molar-refractivity contribution >= 4 is 28.1 Å². The van der Waals surface area contributed by atoms with Crippen LogP contribution in [-0.4, -0.2) is 17.5 Å². The number of carbonyl (C=O) groups is 1. The quantitative estimate of drug-likeness (QED) is 0.893. The van der Waals surface area contributed by atoms with Crippen LogP contribution >= 0.6 is 11.3 Å². The van der Waals surface area contributed by atoms with E-state index in [1.807, 2.05) is 0 Å². The molecule has 23 heavy (non-hydrogen) atoms. The third kappa shape index (κ3) is 3.39. The van der Waals surface area contributed by atoms with E-state index in [-0.39, 0.29) is 23.7 Å². The Kier molecular flexibility index (Phi) is 3.88. The zero-order valence-corrected chi connectivity index (χ0v) is 12.7. The van der Waals surface area contributed by atoms with Crippen LogP contribution in [0.25, 0.3) is 0 Å². The number of nitrogens with zero attached hydrogens (tertiary/aromatic N) is 1. The highest BCUT2D eigenvalue weighted by Crippen LogP contribution is 2.36. The highest BCUT2D eigenvalue weighted by molar-refractivity contribution is 7.15. The summed E-state index contributed by atoms with van der Waals surface area (Å²) in [7, 11) is 0. The van der Waals surface area contributed by atoms with Crippen LogP contribution in [0.2, 0.25) is 0 Å². The molecule has 1 atom stereocenters. The maximum Gasteiger partial charge on any atom is 0.427 e. The SMILES string of the molecule is CC(Nc1ncc(C(F)(F)F)s1)c1ccc2c(c1)NC(=O)CO2. The number of thiazole rings is 1. The molecule has 5 nitrogen and oxygen atoms in total. The Labute approximate surface area is 133 Å². The molecule has 0 aliphatic carbocycles. The van der Waals surface area contributed by atoms with E-state index in [4.69, 9.17) is 4.74 Å². The van der Waals surface area contributed by atoms with Gasteiger partial charge in [0.05, 0.1) is 17.9 Å². The van der Waals surface area contributed by atoms with E-state index in [0.29, 0.717) is 22.8 Å². The van der Waals surface area contributed by atoms with E-state index in [1.165, 1.54) is 0 Å². The zero-order chi connectivity index (χ0) is 16.6. The average Bonchev–Trinajstić information content (AvgIpc) is 2.95. The van der Waals surface area contributed by atoms with Crippen molar-refractivity contribution in [1.82, 2.24) is 4.98 Å². The normalized spacial score (nSPS) is 15.4. The van der Waals surface area contributed by atoms with Crippen LogP contribution in [0.1, 0.15) is 23.4 Å². The van der Waals surface area contributed by atoms with Crippen molar-refractivity contribution in [3.8, 4) is 5.75 Å². The number of alkyl halides is 3. The second-order valence-corrected chi connectivity index (χ2v) is 6.02. The first-order chi connectivity index (χ1) is 10.8. The van der Waals surface area contributed by atoms with Gasteiger partial charge in [0.15, 0.2) is 11.7 Å². The van der Waals surface area contributed by atoms with Crippen molar-refractivity contribution < 1.29 is 22.7 Å². The van der Waals surface area contributed by atoms with Crippen molar-refractivity contribution in [2.45, 2.75) is 19.1 Å². The number of anilines is 2. The molecule has 0 bridgehead atoms. The van der Waals surface area contributed by atoms with Crippen LogP contribution in [-0.2, 0) is 11.0 Å². The van der Waals surface area contributed by atoms with Gasteiger partial charge in [-0.3, -0.25) is 4.79 Å². The third-order valence-corrected chi connectivity index (χ3v) is 4.23. The lowest BCUT2D eigenvalue weighted by molar-refractivity contribution is -0.134. The predicted octanol–water partition coefficient (Wildman–Crippen LogP) is 3.67. The van der Waals surface area contributed by atoms with Gasteiger partial charge >= 0.3 is 6.18 Å². The van der Waals surface area contributed by atoms with Crippen LogP contribution in [0, 0.1) is 0 Å². The fourth-order valence-corrected chi connectivity index (χ4v) is 2.88. The number of hydrogen-bond donors (Lipinski definition) is 2. The second-order valence-electron chi connectivity index (χ2n) is 4.99. The summed E-state index contributed by atoms with van der Waals surface area (Å²) in [6, 6.07) is 4.94. The first kappa shape index (κ1) is 15.6. The van der Waals surface area contributed by atoms with Crippen molar-refractivity contribution in [3.63, 3.8) is 0 Å². The number of ether oxygens (including phenoxy) is 1. The van der Waals surface area contributed by atoms with Gasteiger partial charge in [-0.05, 0) is 24.6 Å². The number of carbonyl (C=O) groups excluding carboxylic acids is 1. The Morgan fingerprint density at radius 3 is 2.91 bits per heavy atom. The van der Waals surface area contributed by atoms with Gasteiger partial charge in [-0.2, -0.15) is 13.2 Å². The monoisotopic (exact) mass is 343 g/mol. The summed E-state index contributed by atoms with van der Waals surface area (Å²) in [5.41, 5.74) is 1.33. The number of amides is 1. The molecule has 9 heteroatoms. The van der Waals surface area contributed by atoms with E-state index >= 15 is 0 Å². The zero-order valence-electron chi connectivity index (χ0n) is 11.9. The van der Waals surface area contributed by atoms with Gasteiger partial charge in [0.1, 0.15) is 10.6 Å². The molecular weight excluding hydrogens is 331 g/mol. The van der Waals surface area contributed by atoms with Crippen molar-refractivity contribution in [2.24, 2.45) is 0 Å². The fraction of sp³-hybridized carbons (Fsp3) is 0.286. The Morgan fingerprint density at radius 1 is 1.43 bits per heavy atom. The maximum absolute atomic E-state index is 12.6. The number of fused-ring (bicyclic) bond motifs is 1. The number of benzene rings is 1. The molecule has 0 saturated heterocycles. The number of hydrogen-bond acceptors (Lipinski definition) is 5. The van der Waals surface area contributed by atoms with Gasteiger partial charge < -0.3 is 15.4 Å². The molecule has 0 saturated carbocycles. The lowest BCUT2D eigenvalue weighted by atomic mass is 10.1. The first-order valence-corrected chi connectivity index (χ1v) is 7.51. The van der Waals surface area contributed by atoms with Crippen LogP contribution in [0.4, 0.5) is 24.0 Å². The summed E-state index contributed by atoms with van der Waals surface area (Å²) in [6.07, 6.45) is -3.59. The molecule has 2 aromatic rings. The summed E-state index contributed by atoms with van der Waals surface area (Å²) < 4.78 is 43.0. The number of rotatable bonds is 3. The van der Waals surface area contributed by atoms with E-state index in [2.05, 4.69) is 15.6 Å². The fourth-order valence-electron chi connectivity index (χ4n) is 2.11. The Bertz CT molecular complexity index is 745. The smallest absolute Gasteiger partial charge is 0.427 e. The molecule has 0 radical (unpaired) electrons. The molecule has 3 rings (SSSR count). The molecule has 1 unspecified atom stereocenters. The molecule has 1 amide bonds. The lowest BCUT2D eigenvalue weighted by Gasteiger charge is -2.20. The predicted molar refractivity (Wildman–Crippen MR) is 79.7 cm³/mol. The molecule has 0 fully saturated rings. The Hall–Kier alpha value is -2.29. The molecular formula is C14H12F3N3O2S. The van der Waals surface area contributed by atoms with Crippen molar-refractivity contribution in [3.05, 3.63) is 34.8 Å². The van der Waals surface area contributed by atoms with Gasteiger partial charge in [-0.25, -0.2) is 4.98 Å². The van der Waals surface area contributed by atoms with Crippen LogP contribution in [0.3, 0.4) is 0 Å². The van der Waals surface area contributed by atoms with Gasteiger partial charge in [-0.15, -0.1) is 0 Å². The number of nitrogens with one attached hydrogen (secondary N) is 2. The summed E-state index contributed by atoms with van der Waals surface area (Å²) in [5.74, 6) is 0.319. The van der Waals surface area contributed by atoms with Gasteiger partial charge in [0, 0.05) is 0 Å². The summed E-state index contributed by atoms with van der Waals surface area (Å²) in [4.78, 5) is 14.3.